The van der Waals surface area contributed by atoms with E-state index in [9.17, 15) is 4.79 Å². The second kappa shape index (κ2) is 14.7. The van der Waals surface area contributed by atoms with Crippen molar-refractivity contribution in [3.63, 3.8) is 0 Å². The van der Waals surface area contributed by atoms with E-state index in [0.717, 1.165) is 36.0 Å². The van der Waals surface area contributed by atoms with Crippen LogP contribution in [0.3, 0.4) is 0 Å². The summed E-state index contributed by atoms with van der Waals surface area (Å²) >= 11 is 0. The molecule has 4 nitrogen and oxygen atoms in total. The third kappa shape index (κ3) is 7.98. The Labute approximate surface area is 237 Å². The first-order valence-corrected chi connectivity index (χ1v) is 14.3. The number of aryl methyl sites for hydroxylation is 1. The van der Waals surface area contributed by atoms with Crippen LogP contribution < -0.4 is 0 Å². The summed E-state index contributed by atoms with van der Waals surface area (Å²) in [5, 5.41) is 0. The van der Waals surface area contributed by atoms with E-state index in [2.05, 4.69) is 36.4 Å². The number of carbonyl (C=O) groups excluding carboxylic acids is 1. The van der Waals surface area contributed by atoms with E-state index >= 15 is 0 Å². The van der Waals surface area contributed by atoms with Crippen LogP contribution in [-0.4, -0.2) is 24.1 Å². The van der Waals surface area contributed by atoms with Crippen molar-refractivity contribution in [1.29, 1.82) is 0 Å². The van der Waals surface area contributed by atoms with Crippen LogP contribution in [-0.2, 0) is 45.2 Å². The molecule has 1 fully saturated rings. The van der Waals surface area contributed by atoms with E-state index in [0.29, 0.717) is 26.2 Å². The van der Waals surface area contributed by atoms with Crippen molar-refractivity contribution in [1.82, 2.24) is 0 Å². The van der Waals surface area contributed by atoms with Crippen LogP contribution in [0.1, 0.15) is 41.5 Å². The van der Waals surface area contributed by atoms with Crippen LogP contribution in [0.15, 0.2) is 121 Å². The fourth-order valence-electron chi connectivity index (χ4n) is 5.49. The monoisotopic (exact) mass is 534 g/mol. The smallest absolute Gasteiger partial charge is 0.164 e. The second-order valence-corrected chi connectivity index (χ2v) is 10.5. The van der Waals surface area contributed by atoms with Gasteiger partial charge in [-0.05, 0) is 47.4 Å². The minimum Gasteiger partial charge on any atom is -0.370 e. The van der Waals surface area contributed by atoms with Gasteiger partial charge in [0.1, 0.15) is 12.2 Å². The number of ether oxygens (including phenoxy) is 3. The summed E-state index contributed by atoms with van der Waals surface area (Å²) in [7, 11) is 0. The summed E-state index contributed by atoms with van der Waals surface area (Å²) in [4.78, 5) is 13.6. The molecule has 0 spiro atoms. The molecule has 0 saturated heterocycles. The van der Waals surface area contributed by atoms with Crippen molar-refractivity contribution in [3.8, 4) is 0 Å². The van der Waals surface area contributed by atoms with Gasteiger partial charge in [-0.3, -0.25) is 4.79 Å². The van der Waals surface area contributed by atoms with Gasteiger partial charge in [-0.2, -0.15) is 0 Å². The molecule has 0 amide bonds. The maximum atomic E-state index is 13.6. The quantitative estimate of drug-likeness (QED) is 0.180. The summed E-state index contributed by atoms with van der Waals surface area (Å²) in [6, 6.07) is 40.8. The first-order chi connectivity index (χ1) is 19.8. The van der Waals surface area contributed by atoms with Gasteiger partial charge in [0, 0.05) is 6.42 Å². The number of hydrogen-bond acceptors (Lipinski definition) is 4. The molecule has 40 heavy (non-hydrogen) atoms. The zero-order chi connectivity index (χ0) is 27.4. The molecule has 4 heteroatoms. The van der Waals surface area contributed by atoms with Gasteiger partial charge in [0.15, 0.2) is 5.78 Å². The molecule has 0 radical (unpaired) electrons. The van der Waals surface area contributed by atoms with E-state index in [1.54, 1.807) is 0 Å². The Morgan fingerprint density at radius 1 is 0.525 bits per heavy atom. The molecule has 0 bridgehead atoms. The minimum atomic E-state index is -0.685. The first kappa shape index (κ1) is 28.0. The number of hydrogen-bond donors (Lipinski definition) is 0. The Bertz CT molecular complexity index is 1280. The molecule has 0 N–H and O–H groups in total. The Balaban J connectivity index is 1.36. The average molecular weight is 535 g/mol. The standard InChI is InChI=1S/C36H38O4/c37-33-24-32(23-13-22-28-14-5-1-6-15-28)34(38-25-29-16-7-2-8-17-29)36(40-27-31-20-11-4-12-21-31)35(33)39-26-30-18-9-3-10-19-30/h1-12,14-21,32,34-36H,13,22-27H2/t32-,34+,35+,36-/m0/s1. The van der Waals surface area contributed by atoms with E-state index in [1.165, 1.54) is 5.56 Å². The molecule has 206 valence electrons. The van der Waals surface area contributed by atoms with Crippen molar-refractivity contribution in [3.05, 3.63) is 144 Å². The van der Waals surface area contributed by atoms with Gasteiger partial charge in [0.2, 0.25) is 0 Å². The van der Waals surface area contributed by atoms with Crippen LogP contribution in [0.4, 0.5) is 0 Å². The molecule has 0 aromatic heterocycles. The fourth-order valence-corrected chi connectivity index (χ4v) is 5.49. The SMILES string of the molecule is O=C1C[C@H](CCCc2ccccc2)[C@@H](OCc2ccccc2)[C@H](OCc2ccccc2)[C@@H]1OCc1ccccc1. The van der Waals surface area contributed by atoms with Crippen molar-refractivity contribution >= 4 is 5.78 Å². The summed E-state index contributed by atoms with van der Waals surface area (Å²) < 4.78 is 19.6. The normalized spacial score (nSPS) is 20.9. The summed E-state index contributed by atoms with van der Waals surface area (Å²) in [5.74, 6) is 0.149. The van der Waals surface area contributed by atoms with Gasteiger partial charge < -0.3 is 14.2 Å². The maximum absolute atomic E-state index is 13.6. The summed E-state index contributed by atoms with van der Waals surface area (Å²) in [6.07, 6.45) is 1.81. The van der Waals surface area contributed by atoms with E-state index in [-0.39, 0.29) is 17.8 Å². The highest BCUT2D eigenvalue weighted by molar-refractivity contribution is 5.85. The molecule has 1 saturated carbocycles. The Hall–Kier alpha value is -3.57. The van der Waals surface area contributed by atoms with Crippen LogP contribution in [0.5, 0.6) is 0 Å². The molecule has 4 aromatic carbocycles. The average Bonchev–Trinajstić information content (AvgIpc) is 3.01. The lowest BCUT2D eigenvalue weighted by molar-refractivity contribution is -0.191. The second-order valence-electron chi connectivity index (χ2n) is 10.5. The zero-order valence-electron chi connectivity index (χ0n) is 22.9. The van der Waals surface area contributed by atoms with Crippen LogP contribution in [0, 0.1) is 5.92 Å². The third-order valence-corrected chi connectivity index (χ3v) is 7.59. The molecule has 1 aliphatic rings. The highest BCUT2D eigenvalue weighted by atomic mass is 16.6. The minimum absolute atomic E-state index is 0.0530. The van der Waals surface area contributed by atoms with Gasteiger partial charge in [0.05, 0.1) is 25.9 Å². The van der Waals surface area contributed by atoms with Crippen molar-refractivity contribution in [2.75, 3.05) is 0 Å². The molecular formula is C36H38O4. The highest BCUT2D eigenvalue weighted by Gasteiger charge is 2.46. The lowest BCUT2D eigenvalue weighted by Gasteiger charge is -2.41. The number of Topliss-reactive ketones (excluding diaryl/α,β-unsaturated/α-hetero) is 1. The van der Waals surface area contributed by atoms with E-state index in [1.807, 2.05) is 84.9 Å². The van der Waals surface area contributed by atoms with Crippen LogP contribution >= 0.6 is 0 Å². The Morgan fingerprint density at radius 2 is 0.950 bits per heavy atom. The zero-order valence-corrected chi connectivity index (χ0v) is 22.9. The first-order valence-electron chi connectivity index (χ1n) is 14.3. The van der Waals surface area contributed by atoms with Crippen molar-refractivity contribution in [2.24, 2.45) is 5.92 Å². The van der Waals surface area contributed by atoms with Crippen molar-refractivity contribution in [2.45, 2.75) is 63.8 Å². The third-order valence-electron chi connectivity index (χ3n) is 7.59. The van der Waals surface area contributed by atoms with Gasteiger partial charge in [-0.15, -0.1) is 0 Å². The topological polar surface area (TPSA) is 44.8 Å². The summed E-state index contributed by atoms with van der Waals surface area (Å²) in [5.41, 5.74) is 4.51. The summed E-state index contributed by atoms with van der Waals surface area (Å²) in [6.45, 7) is 1.21. The lowest BCUT2D eigenvalue weighted by Crippen LogP contribution is -2.54. The predicted molar refractivity (Wildman–Crippen MR) is 158 cm³/mol. The van der Waals surface area contributed by atoms with E-state index < -0.39 is 12.2 Å². The number of rotatable bonds is 13. The van der Waals surface area contributed by atoms with Crippen LogP contribution in [0.25, 0.3) is 0 Å². The van der Waals surface area contributed by atoms with Gasteiger partial charge in [0.25, 0.3) is 0 Å². The van der Waals surface area contributed by atoms with Crippen molar-refractivity contribution < 1.29 is 19.0 Å². The number of ketones is 1. The predicted octanol–water partition coefficient (Wildman–Crippen LogP) is 7.35. The van der Waals surface area contributed by atoms with E-state index in [4.69, 9.17) is 14.2 Å². The number of carbonyl (C=O) groups is 1. The molecular weight excluding hydrogens is 496 g/mol. The molecule has 0 unspecified atom stereocenters. The molecule has 5 rings (SSSR count). The Morgan fingerprint density at radius 3 is 1.45 bits per heavy atom. The maximum Gasteiger partial charge on any atom is 0.164 e. The highest BCUT2D eigenvalue weighted by Crippen LogP contribution is 2.34. The Kier molecular flexibility index (Phi) is 10.3. The number of benzene rings is 4. The van der Waals surface area contributed by atoms with Gasteiger partial charge >= 0.3 is 0 Å². The largest absolute Gasteiger partial charge is 0.370 e. The molecule has 0 heterocycles. The fraction of sp³-hybridized carbons (Fsp3) is 0.306. The van der Waals surface area contributed by atoms with Gasteiger partial charge in [-0.25, -0.2) is 0 Å². The molecule has 1 aliphatic carbocycles. The van der Waals surface area contributed by atoms with Crippen LogP contribution in [0.2, 0.25) is 0 Å². The lowest BCUT2D eigenvalue weighted by atomic mass is 9.78. The molecule has 4 atom stereocenters. The van der Waals surface area contributed by atoms with Gasteiger partial charge in [-0.1, -0.05) is 121 Å². The molecule has 0 aliphatic heterocycles. The molecule has 4 aromatic rings.